The van der Waals surface area contributed by atoms with Crippen LogP contribution in [0.5, 0.6) is 5.75 Å². The van der Waals surface area contributed by atoms with Crippen LogP contribution in [0.2, 0.25) is 0 Å². The fourth-order valence-corrected chi connectivity index (χ4v) is 1.25. The SMILES string of the molecule is [CH2]C1CC(c2ccc(O)cc2)=NO1. The largest absolute Gasteiger partial charge is 0.508 e. The molecule has 0 saturated carbocycles. The molecule has 1 aliphatic rings. The highest BCUT2D eigenvalue weighted by atomic mass is 16.6. The van der Waals surface area contributed by atoms with E-state index in [2.05, 4.69) is 12.1 Å². The third kappa shape index (κ3) is 1.64. The molecular weight excluding hydrogens is 166 g/mol. The van der Waals surface area contributed by atoms with Gasteiger partial charge in [0.05, 0.1) is 5.71 Å². The third-order valence-electron chi connectivity index (χ3n) is 1.93. The van der Waals surface area contributed by atoms with E-state index in [1.807, 2.05) is 12.1 Å². The van der Waals surface area contributed by atoms with Gasteiger partial charge in [0.2, 0.25) is 0 Å². The molecule has 0 bridgehead atoms. The van der Waals surface area contributed by atoms with E-state index in [1.165, 1.54) is 0 Å². The maximum absolute atomic E-state index is 9.07. The number of hydrogen-bond donors (Lipinski definition) is 1. The summed E-state index contributed by atoms with van der Waals surface area (Å²) >= 11 is 0. The van der Waals surface area contributed by atoms with Gasteiger partial charge in [-0.1, -0.05) is 5.16 Å². The molecule has 0 amide bonds. The molecule has 67 valence electrons. The van der Waals surface area contributed by atoms with E-state index in [0.717, 1.165) is 17.7 Å². The second-order valence-electron chi connectivity index (χ2n) is 3.02. The highest BCUT2D eigenvalue weighted by molar-refractivity contribution is 6.01. The molecule has 0 aliphatic carbocycles. The van der Waals surface area contributed by atoms with Crippen LogP contribution in [-0.2, 0) is 4.84 Å². The van der Waals surface area contributed by atoms with Gasteiger partial charge < -0.3 is 9.94 Å². The fraction of sp³-hybridized carbons (Fsp3) is 0.200. The lowest BCUT2D eigenvalue weighted by atomic mass is 10.1. The van der Waals surface area contributed by atoms with E-state index in [9.17, 15) is 0 Å². The number of benzene rings is 1. The molecule has 0 fully saturated rings. The summed E-state index contributed by atoms with van der Waals surface area (Å²) in [5, 5.41) is 13.0. The zero-order valence-corrected chi connectivity index (χ0v) is 7.10. The Labute approximate surface area is 76.6 Å². The minimum absolute atomic E-state index is 0.0798. The molecule has 1 radical (unpaired) electrons. The van der Waals surface area contributed by atoms with Crippen molar-refractivity contribution >= 4 is 5.71 Å². The first-order chi connectivity index (χ1) is 6.25. The van der Waals surface area contributed by atoms with Crippen molar-refractivity contribution in [3.8, 4) is 5.75 Å². The topological polar surface area (TPSA) is 41.8 Å². The molecule has 1 heterocycles. The Bertz CT molecular complexity index is 329. The van der Waals surface area contributed by atoms with E-state index in [-0.39, 0.29) is 11.9 Å². The first kappa shape index (κ1) is 8.10. The van der Waals surface area contributed by atoms with E-state index >= 15 is 0 Å². The maximum Gasteiger partial charge on any atom is 0.133 e. The highest BCUT2D eigenvalue weighted by Gasteiger charge is 2.17. The van der Waals surface area contributed by atoms with Crippen LogP contribution in [0.25, 0.3) is 0 Å². The van der Waals surface area contributed by atoms with Crippen molar-refractivity contribution in [3.05, 3.63) is 36.8 Å². The van der Waals surface area contributed by atoms with Gasteiger partial charge in [-0.15, -0.1) is 0 Å². The number of oxime groups is 1. The van der Waals surface area contributed by atoms with Gasteiger partial charge in [0.25, 0.3) is 0 Å². The lowest BCUT2D eigenvalue weighted by Crippen LogP contribution is -2.03. The van der Waals surface area contributed by atoms with Gasteiger partial charge in [0.1, 0.15) is 11.9 Å². The monoisotopic (exact) mass is 176 g/mol. The number of aromatic hydroxyl groups is 1. The van der Waals surface area contributed by atoms with Crippen molar-refractivity contribution < 1.29 is 9.94 Å². The zero-order chi connectivity index (χ0) is 9.26. The molecule has 1 aromatic rings. The van der Waals surface area contributed by atoms with Gasteiger partial charge in [-0.25, -0.2) is 0 Å². The van der Waals surface area contributed by atoms with Crippen LogP contribution in [-0.4, -0.2) is 16.9 Å². The molecule has 1 aromatic carbocycles. The molecular formula is C10H10NO2. The van der Waals surface area contributed by atoms with Crippen LogP contribution in [0.15, 0.2) is 29.4 Å². The molecule has 1 atom stereocenters. The van der Waals surface area contributed by atoms with E-state index < -0.39 is 0 Å². The van der Waals surface area contributed by atoms with Crippen molar-refractivity contribution in [1.82, 2.24) is 0 Å². The summed E-state index contributed by atoms with van der Waals surface area (Å²) in [5.74, 6) is 0.259. The Hall–Kier alpha value is -1.51. The molecule has 3 heteroatoms. The van der Waals surface area contributed by atoms with Crippen LogP contribution >= 0.6 is 0 Å². The lowest BCUT2D eigenvalue weighted by molar-refractivity contribution is 0.118. The summed E-state index contributed by atoms with van der Waals surface area (Å²) in [6.45, 7) is 3.74. The Kier molecular flexibility index (Phi) is 1.93. The average Bonchev–Trinajstić information content (AvgIpc) is 2.53. The van der Waals surface area contributed by atoms with Gasteiger partial charge in [0.15, 0.2) is 0 Å². The Morgan fingerprint density at radius 1 is 1.38 bits per heavy atom. The number of hydrogen-bond acceptors (Lipinski definition) is 3. The first-order valence-corrected chi connectivity index (χ1v) is 4.11. The summed E-state index contributed by atoms with van der Waals surface area (Å²) in [6, 6.07) is 6.90. The molecule has 0 aromatic heterocycles. The predicted molar refractivity (Wildman–Crippen MR) is 49.5 cm³/mol. The second kappa shape index (κ2) is 3.09. The summed E-state index contributed by atoms with van der Waals surface area (Å²) in [6.07, 6.45) is 0.647. The van der Waals surface area contributed by atoms with Crippen LogP contribution in [0.4, 0.5) is 0 Å². The van der Waals surface area contributed by atoms with E-state index in [1.54, 1.807) is 12.1 Å². The van der Waals surface area contributed by atoms with Crippen LogP contribution in [0, 0.1) is 6.92 Å². The van der Waals surface area contributed by atoms with Gasteiger partial charge in [-0.05, 0) is 36.8 Å². The molecule has 13 heavy (non-hydrogen) atoms. The summed E-state index contributed by atoms with van der Waals surface area (Å²) in [5.41, 5.74) is 1.86. The Morgan fingerprint density at radius 2 is 2.08 bits per heavy atom. The Balaban J connectivity index is 2.22. The minimum atomic E-state index is -0.0798. The van der Waals surface area contributed by atoms with Gasteiger partial charge in [-0.3, -0.25) is 0 Å². The number of phenols is 1. The van der Waals surface area contributed by atoms with E-state index in [4.69, 9.17) is 9.94 Å². The highest BCUT2D eigenvalue weighted by Crippen LogP contribution is 2.17. The van der Waals surface area contributed by atoms with E-state index in [0.29, 0.717) is 0 Å². The standard InChI is InChI=1S/C10H10NO2/c1-7-6-10(11-13-7)8-2-4-9(12)5-3-8/h2-5,7,12H,1,6H2. The lowest BCUT2D eigenvalue weighted by Gasteiger charge is -1.98. The first-order valence-electron chi connectivity index (χ1n) is 4.11. The molecule has 0 spiro atoms. The van der Waals surface area contributed by atoms with Crippen molar-refractivity contribution in [3.63, 3.8) is 0 Å². The number of rotatable bonds is 1. The average molecular weight is 176 g/mol. The Morgan fingerprint density at radius 3 is 2.62 bits per heavy atom. The number of nitrogens with zero attached hydrogens (tertiary/aromatic N) is 1. The van der Waals surface area contributed by atoms with Crippen molar-refractivity contribution in [2.24, 2.45) is 5.16 Å². The predicted octanol–water partition coefficient (Wildman–Crippen LogP) is 1.72. The molecule has 1 unspecified atom stereocenters. The molecule has 2 rings (SSSR count). The smallest absolute Gasteiger partial charge is 0.133 e. The molecule has 1 aliphatic heterocycles. The van der Waals surface area contributed by atoms with Gasteiger partial charge in [-0.2, -0.15) is 0 Å². The summed E-state index contributed by atoms with van der Waals surface area (Å²) < 4.78 is 0. The minimum Gasteiger partial charge on any atom is -0.508 e. The normalized spacial score (nSPS) is 21.0. The summed E-state index contributed by atoms with van der Waals surface area (Å²) in [4.78, 5) is 4.96. The van der Waals surface area contributed by atoms with Crippen molar-refractivity contribution in [2.75, 3.05) is 0 Å². The van der Waals surface area contributed by atoms with Crippen LogP contribution in [0.3, 0.4) is 0 Å². The number of phenolic OH excluding ortho intramolecular Hbond substituents is 1. The maximum atomic E-state index is 9.07. The second-order valence-corrected chi connectivity index (χ2v) is 3.02. The molecule has 1 N–H and O–H groups in total. The summed E-state index contributed by atoms with van der Waals surface area (Å²) in [7, 11) is 0. The molecule has 0 saturated heterocycles. The van der Waals surface area contributed by atoms with Crippen molar-refractivity contribution in [2.45, 2.75) is 12.5 Å². The van der Waals surface area contributed by atoms with Crippen molar-refractivity contribution in [1.29, 1.82) is 0 Å². The quantitative estimate of drug-likeness (QED) is 0.707. The van der Waals surface area contributed by atoms with Crippen LogP contribution in [0.1, 0.15) is 12.0 Å². The third-order valence-corrected chi connectivity index (χ3v) is 1.93. The van der Waals surface area contributed by atoms with Gasteiger partial charge >= 0.3 is 0 Å². The van der Waals surface area contributed by atoms with Crippen LogP contribution < -0.4 is 0 Å². The van der Waals surface area contributed by atoms with Gasteiger partial charge in [0, 0.05) is 6.42 Å². The molecule has 3 nitrogen and oxygen atoms in total. The fourth-order valence-electron chi connectivity index (χ4n) is 1.25. The zero-order valence-electron chi connectivity index (χ0n) is 7.10.